The molecular weight excluding hydrogens is 272 g/mol. The SMILES string of the molecule is COC(=O)c1csc2cc(-c3ccc(O)cc3)ccc12. The minimum atomic E-state index is -0.311. The summed E-state index contributed by atoms with van der Waals surface area (Å²) in [5.41, 5.74) is 2.68. The van der Waals surface area contributed by atoms with Crippen LogP contribution >= 0.6 is 11.3 Å². The van der Waals surface area contributed by atoms with Crippen LogP contribution in [0.4, 0.5) is 0 Å². The first kappa shape index (κ1) is 12.7. The first-order valence-electron chi connectivity index (χ1n) is 6.08. The number of methoxy groups -OCH3 is 1. The highest BCUT2D eigenvalue weighted by atomic mass is 32.1. The second-order valence-electron chi connectivity index (χ2n) is 4.40. The van der Waals surface area contributed by atoms with Gasteiger partial charge in [0.2, 0.25) is 0 Å². The highest BCUT2D eigenvalue weighted by molar-refractivity contribution is 7.17. The molecule has 0 atom stereocenters. The summed E-state index contributed by atoms with van der Waals surface area (Å²) in [5, 5.41) is 12.0. The number of phenols is 1. The van der Waals surface area contributed by atoms with Gasteiger partial charge in [0, 0.05) is 15.5 Å². The normalized spacial score (nSPS) is 10.7. The fraction of sp³-hybridized carbons (Fsp3) is 0.0625. The zero-order valence-electron chi connectivity index (χ0n) is 10.8. The van der Waals surface area contributed by atoms with Gasteiger partial charge >= 0.3 is 5.97 Å². The number of ether oxygens (including phenoxy) is 1. The molecule has 1 heterocycles. The minimum Gasteiger partial charge on any atom is -0.508 e. The van der Waals surface area contributed by atoms with Crippen molar-refractivity contribution in [3.63, 3.8) is 0 Å². The van der Waals surface area contributed by atoms with Crippen molar-refractivity contribution < 1.29 is 14.6 Å². The summed E-state index contributed by atoms with van der Waals surface area (Å²) in [6.45, 7) is 0. The van der Waals surface area contributed by atoms with Crippen LogP contribution in [-0.2, 0) is 4.74 Å². The number of fused-ring (bicyclic) bond motifs is 1. The topological polar surface area (TPSA) is 46.5 Å². The van der Waals surface area contributed by atoms with E-state index >= 15 is 0 Å². The molecule has 100 valence electrons. The number of thiophene rings is 1. The lowest BCUT2D eigenvalue weighted by Crippen LogP contribution is -1.99. The Hall–Kier alpha value is -2.33. The smallest absolute Gasteiger partial charge is 0.339 e. The number of phenolic OH excluding ortho intramolecular Hbond substituents is 1. The van der Waals surface area contributed by atoms with Crippen LogP contribution in [0.15, 0.2) is 47.8 Å². The fourth-order valence-electron chi connectivity index (χ4n) is 2.13. The van der Waals surface area contributed by atoms with Crippen molar-refractivity contribution in [1.82, 2.24) is 0 Å². The van der Waals surface area contributed by atoms with E-state index in [2.05, 4.69) is 0 Å². The molecule has 0 aliphatic heterocycles. The summed E-state index contributed by atoms with van der Waals surface area (Å²) in [7, 11) is 1.39. The van der Waals surface area contributed by atoms with Gasteiger partial charge in [0.05, 0.1) is 12.7 Å². The van der Waals surface area contributed by atoms with Crippen molar-refractivity contribution in [2.45, 2.75) is 0 Å². The van der Waals surface area contributed by atoms with Gasteiger partial charge in [0.15, 0.2) is 0 Å². The summed E-state index contributed by atoms with van der Waals surface area (Å²) in [6, 6.07) is 13.0. The summed E-state index contributed by atoms with van der Waals surface area (Å²) in [5.74, 6) is -0.0624. The molecule has 3 nitrogen and oxygen atoms in total. The van der Waals surface area contributed by atoms with Gasteiger partial charge in [-0.1, -0.05) is 24.3 Å². The van der Waals surface area contributed by atoms with Gasteiger partial charge in [-0.25, -0.2) is 4.79 Å². The molecule has 0 aliphatic rings. The van der Waals surface area contributed by atoms with Crippen molar-refractivity contribution in [3.8, 4) is 16.9 Å². The van der Waals surface area contributed by atoms with Gasteiger partial charge < -0.3 is 9.84 Å². The van der Waals surface area contributed by atoms with Gasteiger partial charge in [-0.15, -0.1) is 11.3 Å². The standard InChI is InChI=1S/C16H12O3S/c1-19-16(18)14-9-20-15-8-11(4-7-13(14)15)10-2-5-12(17)6-3-10/h2-9,17H,1H3. The summed E-state index contributed by atoms with van der Waals surface area (Å²) >= 11 is 1.52. The molecule has 20 heavy (non-hydrogen) atoms. The van der Waals surface area contributed by atoms with Crippen LogP contribution in [0.25, 0.3) is 21.2 Å². The van der Waals surface area contributed by atoms with Crippen LogP contribution in [0.3, 0.4) is 0 Å². The molecule has 1 N–H and O–H groups in total. The monoisotopic (exact) mass is 284 g/mol. The zero-order chi connectivity index (χ0) is 14.1. The van der Waals surface area contributed by atoms with E-state index in [0.717, 1.165) is 21.2 Å². The third-order valence-corrected chi connectivity index (χ3v) is 4.13. The van der Waals surface area contributed by atoms with E-state index in [-0.39, 0.29) is 11.7 Å². The van der Waals surface area contributed by atoms with Crippen LogP contribution in [0, 0.1) is 0 Å². The van der Waals surface area contributed by atoms with E-state index in [9.17, 15) is 9.90 Å². The van der Waals surface area contributed by atoms with E-state index in [1.165, 1.54) is 18.4 Å². The summed E-state index contributed by atoms with van der Waals surface area (Å²) in [6.07, 6.45) is 0. The van der Waals surface area contributed by atoms with E-state index in [1.54, 1.807) is 12.1 Å². The molecule has 0 saturated carbocycles. The molecule has 0 spiro atoms. The maximum atomic E-state index is 11.6. The lowest BCUT2D eigenvalue weighted by atomic mass is 10.0. The number of benzene rings is 2. The predicted molar refractivity (Wildman–Crippen MR) is 80.3 cm³/mol. The van der Waals surface area contributed by atoms with Gasteiger partial charge in [-0.2, -0.15) is 0 Å². The third kappa shape index (κ3) is 2.14. The highest BCUT2D eigenvalue weighted by Gasteiger charge is 2.12. The maximum Gasteiger partial charge on any atom is 0.339 e. The number of carbonyl (C=O) groups is 1. The Bertz CT molecular complexity index is 772. The Morgan fingerprint density at radius 3 is 2.50 bits per heavy atom. The third-order valence-electron chi connectivity index (χ3n) is 3.18. The molecule has 0 fully saturated rings. The van der Waals surface area contributed by atoms with Crippen LogP contribution < -0.4 is 0 Å². The van der Waals surface area contributed by atoms with Crippen molar-refractivity contribution in [2.75, 3.05) is 7.11 Å². The zero-order valence-corrected chi connectivity index (χ0v) is 11.6. The molecular formula is C16H12O3S. The molecule has 0 aliphatic carbocycles. The highest BCUT2D eigenvalue weighted by Crippen LogP contribution is 2.31. The van der Waals surface area contributed by atoms with E-state index in [0.29, 0.717) is 5.56 Å². The molecule has 1 aromatic heterocycles. The number of rotatable bonds is 2. The second kappa shape index (κ2) is 4.98. The van der Waals surface area contributed by atoms with E-state index in [4.69, 9.17) is 4.74 Å². The Kier molecular flexibility index (Phi) is 3.16. The lowest BCUT2D eigenvalue weighted by Gasteiger charge is -2.03. The molecule has 0 saturated heterocycles. The van der Waals surface area contributed by atoms with E-state index < -0.39 is 0 Å². The average molecular weight is 284 g/mol. The number of hydrogen-bond acceptors (Lipinski definition) is 4. The fourth-order valence-corrected chi connectivity index (χ4v) is 3.10. The number of carbonyl (C=O) groups excluding carboxylic acids is 1. The first-order valence-corrected chi connectivity index (χ1v) is 6.96. The van der Waals surface area contributed by atoms with E-state index in [1.807, 2.05) is 35.7 Å². The van der Waals surface area contributed by atoms with Crippen LogP contribution in [-0.4, -0.2) is 18.2 Å². The molecule has 0 amide bonds. The number of esters is 1. The number of aromatic hydroxyl groups is 1. The molecule has 3 rings (SSSR count). The molecule has 0 unspecified atom stereocenters. The Balaban J connectivity index is 2.08. The Labute approximate surface area is 120 Å². The van der Waals surface area contributed by atoms with Crippen molar-refractivity contribution >= 4 is 27.4 Å². The van der Waals surface area contributed by atoms with Crippen LogP contribution in [0.1, 0.15) is 10.4 Å². The second-order valence-corrected chi connectivity index (χ2v) is 5.31. The quantitative estimate of drug-likeness (QED) is 0.722. The Morgan fingerprint density at radius 1 is 1.10 bits per heavy atom. The summed E-state index contributed by atoms with van der Waals surface area (Å²) < 4.78 is 5.81. The summed E-state index contributed by atoms with van der Waals surface area (Å²) in [4.78, 5) is 11.6. The Morgan fingerprint density at radius 2 is 1.80 bits per heavy atom. The van der Waals surface area contributed by atoms with Crippen LogP contribution in [0.2, 0.25) is 0 Å². The molecule has 3 aromatic rings. The van der Waals surface area contributed by atoms with Gasteiger partial charge in [0.25, 0.3) is 0 Å². The largest absolute Gasteiger partial charge is 0.508 e. The molecule has 0 bridgehead atoms. The van der Waals surface area contributed by atoms with Crippen molar-refractivity contribution in [2.24, 2.45) is 0 Å². The predicted octanol–water partition coefficient (Wildman–Crippen LogP) is 4.06. The average Bonchev–Trinajstić information content (AvgIpc) is 2.90. The lowest BCUT2D eigenvalue weighted by molar-refractivity contribution is 0.0603. The maximum absolute atomic E-state index is 11.6. The van der Waals surface area contributed by atoms with Crippen molar-refractivity contribution in [3.05, 3.63) is 53.4 Å². The van der Waals surface area contributed by atoms with Crippen molar-refractivity contribution in [1.29, 1.82) is 0 Å². The molecule has 0 radical (unpaired) electrons. The van der Waals surface area contributed by atoms with Crippen LogP contribution in [0.5, 0.6) is 5.75 Å². The van der Waals surface area contributed by atoms with Gasteiger partial charge in [0.1, 0.15) is 5.75 Å². The molecule has 2 aromatic carbocycles. The first-order chi connectivity index (χ1) is 9.69. The van der Waals surface area contributed by atoms with Gasteiger partial charge in [-0.3, -0.25) is 0 Å². The molecule has 4 heteroatoms. The number of hydrogen-bond donors (Lipinski definition) is 1. The minimum absolute atomic E-state index is 0.249. The van der Waals surface area contributed by atoms with Gasteiger partial charge in [-0.05, 0) is 29.3 Å².